The van der Waals surface area contributed by atoms with E-state index in [1.54, 1.807) is 4.68 Å². The number of halogens is 1. The van der Waals surface area contributed by atoms with Gasteiger partial charge in [-0.2, -0.15) is 9.61 Å². The van der Waals surface area contributed by atoms with E-state index in [-0.39, 0.29) is 18.5 Å². The zero-order chi connectivity index (χ0) is 24.2. The standard InChI is InChI=1S/C23H29FN8O2/c1-13-5-14(10-30(9-13)16-8-26-31(11-16)23(2,3)12-33)20-28-21-17-6-15(24)7-18(34-4)19(17)27-22(25)32(21)29-20/h6-8,11,13-14,33H,5,9-10,12H2,1-4H3,(H2,25,27)/t13-,14+/m1/s1. The molecule has 0 amide bonds. The van der Waals surface area contributed by atoms with Gasteiger partial charge in [0.1, 0.15) is 17.1 Å². The molecule has 0 saturated carbocycles. The summed E-state index contributed by atoms with van der Waals surface area (Å²) in [6.45, 7) is 7.65. The van der Waals surface area contributed by atoms with Crippen molar-refractivity contribution in [3.63, 3.8) is 0 Å². The molecule has 1 aliphatic heterocycles. The first-order chi connectivity index (χ1) is 16.2. The largest absolute Gasteiger partial charge is 0.494 e. The summed E-state index contributed by atoms with van der Waals surface area (Å²) in [5.41, 5.74) is 7.60. The van der Waals surface area contributed by atoms with Crippen molar-refractivity contribution < 1.29 is 14.2 Å². The number of hydrogen-bond donors (Lipinski definition) is 2. The third kappa shape index (κ3) is 3.69. The molecule has 5 rings (SSSR count). The summed E-state index contributed by atoms with van der Waals surface area (Å²) >= 11 is 0. The lowest BCUT2D eigenvalue weighted by atomic mass is 9.89. The lowest BCUT2D eigenvalue weighted by Crippen LogP contribution is -2.39. The van der Waals surface area contributed by atoms with Gasteiger partial charge >= 0.3 is 0 Å². The highest BCUT2D eigenvalue weighted by Gasteiger charge is 2.31. The minimum Gasteiger partial charge on any atom is -0.494 e. The molecule has 34 heavy (non-hydrogen) atoms. The van der Waals surface area contributed by atoms with Crippen LogP contribution in [0.25, 0.3) is 16.6 Å². The molecule has 11 heteroatoms. The van der Waals surface area contributed by atoms with Crippen molar-refractivity contribution in [2.24, 2.45) is 5.92 Å². The quantitative estimate of drug-likeness (QED) is 0.459. The van der Waals surface area contributed by atoms with E-state index in [0.29, 0.717) is 40.6 Å². The maximum Gasteiger partial charge on any atom is 0.223 e. The lowest BCUT2D eigenvalue weighted by molar-refractivity contribution is 0.152. The van der Waals surface area contributed by atoms with E-state index in [1.807, 2.05) is 26.2 Å². The second-order valence-electron chi connectivity index (χ2n) is 9.74. The molecule has 1 aliphatic rings. The number of nitrogens with two attached hydrogens (primary N) is 1. The highest BCUT2D eigenvalue weighted by atomic mass is 19.1. The normalized spacial score (nSPS) is 19.3. The predicted molar refractivity (Wildman–Crippen MR) is 127 cm³/mol. The molecular weight excluding hydrogens is 439 g/mol. The molecule has 180 valence electrons. The Morgan fingerprint density at radius 1 is 1.26 bits per heavy atom. The van der Waals surface area contributed by atoms with Crippen LogP contribution >= 0.6 is 0 Å². The third-order valence-corrected chi connectivity index (χ3v) is 6.53. The Bertz CT molecular complexity index is 1360. The Morgan fingerprint density at radius 2 is 2.06 bits per heavy atom. The molecule has 0 unspecified atom stereocenters. The third-order valence-electron chi connectivity index (χ3n) is 6.53. The van der Waals surface area contributed by atoms with Gasteiger partial charge in [-0.1, -0.05) is 6.92 Å². The number of benzene rings is 1. The molecule has 10 nitrogen and oxygen atoms in total. The van der Waals surface area contributed by atoms with Gasteiger partial charge in [-0.3, -0.25) is 4.68 Å². The van der Waals surface area contributed by atoms with Crippen LogP contribution < -0.4 is 15.4 Å². The smallest absolute Gasteiger partial charge is 0.223 e. The fourth-order valence-corrected chi connectivity index (χ4v) is 4.64. The van der Waals surface area contributed by atoms with Crippen LogP contribution in [0.15, 0.2) is 24.5 Å². The van der Waals surface area contributed by atoms with Crippen molar-refractivity contribution in [3.8, 4) is 5.75 Å². The Hall–Kier alpha value is -3.47. The topological polar surface area (TPSA) is 120 Å². The highest BCUT2D eigenvalue weighted by molar-refractivity contribution is 5.95. The summed E-state index contributed by atoms with van der Waals surface area (Å²) in [4.78, 5) is 11.4. The first-order valence-electron chi connectivity index (χ1n) is 11.3. The number of aromatic nitrogens is 6. The van der Waals surface area contributed by atoms with E-state index in [1.165, 1.54) is 23.8 Å². The summed E-state index contributed by atoms with van der Waals surface area (Å²) in [6, 6.07) is 2.66. The van der Waals surface area contributed by atoms with Crippen LogP contribution in [0.5, 0.6) is 5.75 Å². The summed E-state index contributed by atoms with van der Waals surface area (Å²) < 4.78 is 22.8. The number of anilines is 2. The average molecular weight is 469 g/mol. The molecule has 1 aromatic carbocycles. The van der Waals surface area contributed by atoms with Crippen LogP contribution in [-0.2, 0) is 5.54 Å². The Labute approximate surface area is 196 Å². The van der Waals surface area contributed by atoms with Gasteiger partial charge in [-0.25, -0.2) is 14.4 Å². The molecule has 1 saturated heterocycles. The van der Waals surface area contributed by atoms with Crippen molar-refractivity contribution in [3.05, 3.63) is 36.2 Å². The van der Waals surface area contributed by atoms with Gasteiger partial charge in [0.25, 0.3) is 0 Å². The molecule has 0 spiro atoms. The highest BCUT2D eigenvalue weighted by Crippen LogP contribution is 2.34. The average Bonchev–Trinajstić information content (AvgIpc) is 3.48. The van der Waals surface area contributed by atoms with Gasteiger partial charge in [-0.05, 0) is 32.3 Å². The Balaban J connectivity index is 1.52. The van der Waals surface area contributed by atoms with Gasteiger partial charge in [0.2, 0.25) is 5.95 Å². The second kappa shape index (κ2) is 8.08. The minimum atomic E-state index is -0.482. The molecular formula is C23H29FN8O2. The first-order valence-corrected chi connectivity index (χ1v) is 11.3. The van der Waals surface area contributed by atoms with Gasteiger partial charge < -0.3 is 20.5 Å². The van der Waals surface area contributed by atoms with Crippen molar-refractivity contribution in [2.75, 3.05) is 37.4 Å². The molecule has 3 aromatic heterocycles. The Morgan fingerprint density at radius 3 is 2.79 bits per heavy atom. The van der Waals surface area contributed by atoms with Crippen LogP contribution in [-0.4, -0.2) is 61.3 Å². The predicted octanol–water partition coefficient (Wildman–Crippen LogP) is 2.56. The molecule has 3 N–H and O–H groups in total. The first kappa shape index (κ1) is 22.3. The molecule has 0 aliphatic carbocycles. The van der Waals surface area contributed by atoms with Crippen molar-refractivity contribution in [1.29, 1.82) is 0 Å². The van der Waals surface area contributed by atoms with Crippen LogP contribution in [0.4, 0.5) is 16.0 Å². The monoisotopic (exact) mass is 468 g/mol. The second-order valence-corrected chi connectivity index (χ2v) is 9.74. The zero-order valence-electron chi connectivity index (χ0n) is 19.7. The number of piperidine rings is 1. The number of aliphatic hydroxyl groups is 1. The van der Waals surface area contributed by atoms with Gasteiger partial charge in [0, 0.05) is 31.3 Å². The maximum absolute atomic E-state index is 14.2. The molecule has 1 fully saturated rings. The van der Waals surface area contributed by atoms with Crippen molar-refractivity contribution in [1.82, 2.24) is 29.4 Å². The van der Waals surface area contributed by atoms with Gasteiger partial charge in [0.05, 0.1) is 36.5 Å². The lowest BCUT2D eigenvalue weighted by Gasteiger charge is -2.36. The number of nitrogen functional groups attached to an aromatic ring is 1. The van der Waals surface area contributed by atoms with Crippen LogP contribution in [0.3, 0.4) is 0 Å². The number of methoxy groups -OCH3 is 1. The van der Waals surface area contributed by atoms with Gasteiger partial charge in [-0.15, -0.1) is 5.10 Å². The fraction of sp³-hybridized carbons (Fsp3) is 0.478. The summed E-state index contributed by atoms with van der Waals surface area (Å²) in [5, 5.41) is 19.3. The minimum absolute atomic E-state index is 0.00684. The fourth-order valence-electron chi connectivity index (χ4n) is 4.64. The maximum atomic E-state index is 14.2. The Kier molecular flexibility index (Phi) is 5.31. The molecule has 4 aromatic rings. The van der Waals surface area contributed by atoms with E-state index in [0.717, 1.165) is 18.7 Å². The van der Waals surface area contributed by atoms with Crippen molar-refractivity contribution in [2.45, 2.75) is 38.6 Å². The summed E-state index contributed by atoms with van der Waals surface area (Å²) in [5.74, 6) is 1.10. The van der Waals surface area contributed by atoms with E-state index >= 15 is 0 Å². The van der Waals surface area contributed by atoms with E-state index in [4.69, 9.17) is 15.5 Å². The summed E-state index contributed by atoms with van der Waals surface area (Å²) in [7, 11) is 1.47. The molecule has 2 atom stereocenters. The van der Waals surface area contributed by atoms with Crippen LogP contribution in [0, 0.1) is 11.7 Å². The van der Waals surface area contributed by atoms with Crippen molar-refractivity contribution >= 4 is 28.2 Å². The number of ether oxygens (including phenoxy) is 1. The SMILES string of the molecule is COc1cc(F)cc2c1nc(N)n1nc([C@H]3C[C@@H](C)CN(c4cnn(C(C)(C)CO)c4)C3)nc21. The number of rotatable bonds is 5. The molecule has 0 radical (unpaired) electrons. The van der Waals surface area contributed by atoms with E-state index in [9.17, 15) is 9.50 Å². The number of aliphatic hydroxyl groups excluding tert-OH is 1. The van der Waals surface area contributed by atoms with E-state index in [2.05, 4.69) is 27.0 Å². The number of nitrogens with zero attached hydrogens (tertiary/aromatic N) is 7. The van der Waals surface area contributed by atoms with Crippen LogP contribution in [0.1, 0.15) is 38.9 Å². The zero-order valence-corrected chi connectivity index (χ0v) is 19.7. The van der Waals surface area contributed by atoms with Crippen LogP contribution in [0.2, 0.25) is 0 Å². The molecule has 0 bridgehead atoms. The molecule has 4 heterocycles. The number of hydrogen-bond acceptors (Lipinski definition) is 8. The number of fused-ring (bicyclic) bond motifs is 3. The summed E-state index contributed by atoms with van der Waals surface area (Å²) in [6.07, 6.45) is 4.70. The van der Waals surface area contributed by atoms with E-state index < -0.39 is 11.4 Å². The van der Waals surface area contributed by atoms with Gasteiger partial charge in [0.15, 0.2) is 11.5 Å².